The quantitative estimate of drug-likeness (QED) is 0.558. The maximum Gasteiger partial charge on any atom is 0.303 e. The van der Waals surface area contributed by atoms with Crippen molar-refractivity contribution in [1.82, 2.24) is 0 Å². The second kappa shape index (κ2) is 5.49. The Hall–Kier alpha value is -0.100. The van der Waals surface area contributed by atoms with Gasteiger partial charge in [0, 0.05) is 29.4 Å². The number of rotatable bonds is 5. The molecule has 0 bridgehead atoms. The van der Waals surface area contributed by atoms with Gasteiger partial charge in [-0.15, -0.1) is 0 Å². The second-order valence-electron chi connectivity index (χ2n) is 3.93. The zero-order chi connectivity index (χ0) is 12.3. The Morgan fingerprint density at radius 3 is 2.44 bits per heavy atom. The van der Waals surface area contributed by atoms with Crippen LogP contribution in [0, 0.1) is 5.92 Å². The van der Waals surface area contributed by atoms with Gasteiger partial charge in [0.2, 0.25) is 0 Å². The minimum Gasteiger partial charge on any atom is -0.462 e. The van der Waals surface area contributed by atoms with Crippen LogP contribution in [0.25, 0.3) is 0 Å². The van der Waals surface area contributed by atoms with E-state index in [1.807, 2.05) is 0 Å². The summed E-state index contributed by atoms with van der Waals surface area (Å²) >= 11 is 6.97. The Labute approximate surface area is 111 Å². The van der Waals surface area contributed by atoms with Crippen molar-refractivity contribution in [2.45, 2.75) is 30.7 Å². The second-order valence-corrected chi connectivity index (χ2v) is 6.07. The highest BCUT2D eigenvalue weighted by Crippen LogP contribution is 2.54. The predicted octanol–water partition coefficient (Wildman–Crippen LogP) is 2.03. The van der Waals surface area contributed by atoms with Crippen LogP contribution in [0.15, 0.2) is 0 Å². The van der Waals surface area contributed by atoms with Crippen LogP contribution in [0.5, 0.6) is 0 Å². The predicted molar refractivity (Wildman–Crippen MR) is 65.7 cm³/mol. The fourth-order valence-electron chi connectivity index (χ4n) is 1.57. The topological polar surface area (TPSA) is 52.6 Å². The SMILES string of the molecule is CC(=O)OC[C@@H](OC(C)=O)[C@@H]1CC1(Br)CBr. The number of esters is 2. The number of halogens is 2. The highest BCUT2D eigenvalue weighted by molar-refractivity contribution is 9.12. The van der Waals surface area contributed by atoms with Gasteiger partial charge < -0.3 is 9.47 Å². The third-order valence-electron chi connectivity index (χ3n) is 2.50. The van der Waals surface area contributed by atoms with Crippen LogP contribution < -0.4 is 0 Å². The molecule has 92 valence electrons. The number of ether oxygens (including phenoxy) is 2. The van der Waals surface area contributed by atoms with E-state index < -0.39 is 0 Å². The van der Waals surface area contributed by atoms with E-state index in [9.17, 15) is 9.59 Å². The normalized spacial score (nSPS) is 29.4. The third kappa shape index (κ3) is 3.73. The molecule has 16 heavy (non-hydrogen) atoms. The van der Waals surface area contributed by atoms with Gasteiger partial charge in [-0.25, -0.2) is 0 Å². The number of carbonyl (C=O) groups is 2. The van der Waals surface area contributed by atoms with Crippen molar-refractivity contribution in [3.63, 3.8) is 0 Å². The van der Waals surface area contributed by atoms with Gasteiger partial charge >= 0.3 is 11.9 Å². The zero-order valence-corrected chi connectivity index (χ0v) is 12.3. The zero-order valence-electron chi connectivity index (χ0n) is 9.16. The number of hydrogen-bond acceptors (Lipinski definition) is 4. The fraction of sp³-hybridized carbons (Fsp3) is 0.800. The van der Waals surface area contributed by atoms with E-state index in [2.05, 4.69) is 31.9 Å². The molecule has 0 radical (unpaired) electrons. The smallest absolute Gasteiger partial charge is 0.303 e. The first-order chi connectivity index (χ1) is 7.39. The average molecular weight is 358 g/mol. The Morgan fingerprint density at radius 1 is 1.44 bits per heavy atom. The molecule has 6 heteroatoms. The van der Waals surface area contributed by atoms with E-state index in [0.717, 1.165) is 11.8 Å². The maximum atomic E-state index is 10.9. The van der Waals surface area contributed by atoms with Gasteiger partial charge in [-0.05, 0) is 6.42 Å². The van der Waals surface area contributed by atoms with Gasteiger partial charge in [0.25, 0.3) is 0 Å². The highest BCUT2D eigenvalue weighted by atomic mass is 79.9. The van der Waals surface area contributed by atoms with Crippen LogP contribution in [0.1, 0.15) is 20.3 Å². The molecule has 1 unspecified atom stereocenters. The lowest BCUT2D eigenvalue weighted by Gasteiger charge is -2.18. The van der Waals surface area contributed by atoms with Crippen molar-refractivity contribution in [1.29, 1.82) is 0 Å². The summed E-state index contributed by atoms with van der Waals surface area (Å²) in [6, 6.07) is 0. The summed E-state index contributed by atoms with van der Waals surface area (Å²) < 4.78 is 10.0. The summed E-state index contributed by atoms with van der Waals surface area (Å²) in [6.45, 7) is 2.82. The van der Waals surface area contributed by atoms with Crippen molar-refractivity contribution < 1.29 is 19.1 Å². The molecule has 1 aliphatic rings. The Balaban J connectivity index is 2.52. The molecule has 0 aromatic carbocycles. The highest BCUT2D eigenvalue weighted by Gasteiger charge is 2.56. The first-order valence-corrected chi connectivity index (χ1v) is 6.86. The van der Waals surface area contributed by atoms with E-state index in [0.29, 0.717) is 0 Å². The molecule has 0 aromatic rings. The van der Waals surface area contributed by atoms with Crippen LogP contribution in [-0.2, 0) is 19.1 Å². The molecule has 0 amide bonds. The van der Waals surface area contributed by atoms with Crippen molar-refractivity contribution in [2.24, 2.45) is 5.92 Å². The molecule has 1 aliphatic carbocycles. The summed E-state index contributed by atoms with van der Waals surface area (Å²) in [5.74, 6) is -0.527. The first-order valence-electron chi connectivity index (χ1n) is 4.94. The van der Waals surface area contributed by atoms with Gasteiger partial charge in [-0.2, -0.15) is 0 Å². The van der Waals surface area contributed by atoms with E-state index in [1.165, 1.54) is 13.8 Å². The Bertz CT molecular complexity index is 295. The van der Waals surface area contributed by atoms with Gasteiger partial charge in [-0.3, -0.25) is 9.59 Å². The largest absolute Gasteiger partial charge is 0.462 e. The minimum atomic E-state index is -0.364. The molecule has 1 fully saturated rings. The molecular weight excluding hydrogens is 344 g/mol. The van der Waals surface area contributed by atoms with Crippen molar-refractivity contribution in [2.75, 3.05) is 11.9 Å². The summed E-state index contributed by atoms with van der Waals surface area (Å²) in [4.78, 5) is 21.7. The Morgan fingerprint density at radius 2 is 2.06 bits per heavy atom. The minimum absolute atomic E-state index is 0.0345. The summed E-state index contributed by atoms with van der Waals surface area (Å²) in [6.07, 6.45) is 0.538. The number of hydrogen-bond donors (Lipinski definition) is 0. The van der Waals surface area contributed by atoms with Crippen LogP contribution in [0.3, 0.4) is 0 Å². The molecule has 0 spiro atoms. The molecule has 0 saturated heterocycles. The number of alkyl halides is 2. The molecule has 1 saturated carbocycles. The van der Waals surface area contributed by atoms with Gasteiger partial charge in [0.15, 0.2) is 0 Å². The van der Waals surface area contributed by atoms with Crippen molar-refractivity contribution in [3.05, 3.63) is 0 Å². The van der Waals surface area contributed by atoms with E-state index in [1.54, 1.807) is 0 Å². The van der Waals surface area contributed by atoms with Crippen LogP contribution in [0.2, 0.25) is 0 Å². The maximum absolute atomic E-state index is 10.9. The summed E-state index contributed by atoms with van der Waals surface area (Å²) in [7, 11) is 0. The van der Waals surface area contributed by atoms with Gasteiger partial charge in [0.1, 0.15) is 12.7 Å². The van der Waals surface area contributed by atoms with Crippen LogP contribution in [-0.4, -0.2) is 34.3 Å². The first kappa shape index (κ1) is 14.0. The molecule has 1 rings (SSSR count). The molecule has 4 nitrogen and oxygen atoms in total. The van der Waals surface area contributed by atoms with Crippen molar-refractivity contribution >= 4 is 43.8 Å². The van der Waals surface area contributed by atoms with Gasteiger partial charge in [-0.1, -0.05) is 31.9 Å². The molecule has 0 aromatic heterocycles. The molecular formula is C10H14Br2O4. The van der Waals surface area contributed by atoms with Crippen LogP contribution in [0.4, 0.5) is 0 Å². The summed E-state index contributed by atoms with van der Waals surface area (Å²) in [5.41, 5.74) is 0. The lowest BCUT2D eigenvalue weighted by atomic mass is 10.2. The average Bonchev–Trinajstić information content (AvgIpc) is 2.85. The van der Waals surface area contributed by atoms with E-state index in [4.69, 9.17) is 9.47 Å². The van der Waals surface area contributed by atoms with Gasteiger partial charge in [0.05, 0.1) is 0 Å². The number of carbonyl (C=O) groups excluding carboxylic acids is 2. The third-order valence-corrected chi connectivity index (χ3v) is 5.45. The molecule has 0 heterocycles. The van der Waals surface area contributed by atoms with Crippen LogP contribution >= 0.6 is 31.9 Å². The monoisotopic (exact) mass is 356 g/mol. The summed E-state index contributed by atoms with van der Waals surface area (Å²) in [5, 5.41) is 0.780. The lowest BCUT2D eigenvalue weighted by molar-refractivity contribution is -0.157. The van der Waals surface area contributed by atoms with E-state index >= 15 is 0 Å². The lowest BCUT2D eigenvalue weighted by Crippen LogP contribution is -2.29. The molecule has 0 aliphatic heterocycles. The molecule has 0 N–H and O–H groups in total. The molecule has 3 atom stereocenters. The standard InChI is InChI=1S/C10H14Br2O4/c1-6(13)15-4-9(16-7(2)14)8-3-10(8,12)5-11/h8-9H,3-5H2,1-2H3/t8-,9+,10?/m0/s1. The van der Waals surface area contributed by atoms with Crippen molar-refractivity contribution in [3.8, 4) is 0 Å². The van der Waals surface area contributed by atoms with E-state index in [-0.39, 0.29) is 34.9 Å². The fourth-order valence-corrected chi connectivity index (χ4v) is 2.86. The Kier molecular flexibility index (Phi) is 4.79.